The minimum absolute atomic E-state index is 0.0158. The Hall–Kier alpha value is -1.69. The molecule has 0 bridgehead atoms. The van der Waals surface area contributed by atoms with Crippen molar-refractivity contribution in [2.24, 2.45) is 7.05 Å². The Morgan fingerprint density at radius 1 is 1.64 bits per heavy atom. The van der Waals surface area contributed by atoms with Gasteiger partial charge in [-0.1, -0.05) is 0 Å². The molecule has 0 saturated carbocycles. The summed E-state index contributed by atoms with van der Waals surface area (Å²) >= 11 is 4.98. The number of hydrogen-bond donors (Lipinski definition) is 2. The van der Waals surface area contributed by atoms with E-state index >= 15 is 0 Å². The molecule has 6 heteroatoms. The Morgan fingerprint density at radius 3 is 3.00 bits per heavy atom. The molecular formula is C8H7N3O2S. The number of carbonyl (C=O) groups is 1. The summed E-state index contributed by atoms with van der Waals surface area (Å²) in [4.78, 5) is 17.5. The van der Waals surface area contributed by atoms with Crippen molar-refractivity contribution in [2.75, 3.05) is 0 Å². The summed E-state index contributed by atoms with van der Waals surface area (Å²) in [7, 11) is 1.74. The summed E-state index contributed by atoms with van der Waals surface area (Å²) in [5, 5.41) is 8.73. The van der Waals surface area contributed by atoms with Crippen LogP contribution in [0.2, 0.25) is 0 Å². The number of carboxylic acid groups (broad SMARTS) is 1. The summed E-state index contributed by atoms with van der Waals surface area (Å²) in [5.41, 5.74) is 1.31. The monoisotopic (exact) mass is 209 g/mol. The van der Waals surface area contributed by atoms with Crippen LogP contribution in [0.1, 0.15) is 10.5 Å². The molecule has 0 aromatic carbocycles. The van der Waals surface area contributed by atoms with Gasteiger partial charge in [-0.2, -0.15) is 0 Å². The topological polar surface area (TPSA) is 70.9 Å². The molecule has 0 fully saturated rings. The molecule has 0 saturated heterocycles. The summed E-state index contributed by atoms with van der Waals surface area (Å²) in [5.74, 6) is -1.04. The van der Waals surface area contributed by atoms with Gasteiger partial charge in [-0.25, -0.2) is 9.78 Å². The molecule has 2 heterocycles. The number of nitrogens with zero attached hydrogens (tertiary/aromatic N) is 2. The van der Waals surface area contributed by atoms with Gasteiger partial charge in [0.1, 0.15) is 0 Å². The molecule has 14 heavy (non-hydrogen) atoms. The molecule has 72 valence electrons. The maximum absolute atomic E-state index is 10.7. The summed E-state index contributed by atoms with van der Waals surface area (Å²) in [6.07, 6.45) is 0. The molecule has 2 rings (SSSR count). The Labute approximate surface area is 84.0 Å². The van der Waals surface area contributed by atoms with E-state index in [1.807, 2.05) is 0 Å². The number of nitrogens with one attached hydrogen (secondary N) is 1. The lowest BCUT2D eigenvalue weighted by Crippen LogP contribution is -2.01. The van der Waals surface area contributed by atoms with Gasteiger partial charge in [0.15, 0.2) is 16.1 Å². The van der Waals surface area contributed by atoms with Crippen LogP contribution in [0.3, 0.4) is 0 Å². The normalized spacial score (nSPS) is 10.6. The largest absolute Gasteiger partial charge is 0.477 e. The van der Waals surface area contributed by atoms with Gasteiger partial charge in [-0.3, -0.25) is 0 Å². The Bertz CT molecular complexity index is 569. The van der Waals surface area contributed by atoms with Gasteiger partial charge >= 0.3 is 5.97 Å². The van der Waals surface area contributed by atoms with Crippen molar-refractivity contribution < 1.29 is 9.90 Å². The SMILES string of the molecule is Cn1c(=S)[nH]c2ccc(C(=O)O)nc21. The predicted octanol–water partition coefficient (Wildman–Crippen LogP) is 1.33. The Balaban J connectivity index is 2.82. The van der Waals surface area contributed by atoms with Crippen molar-refractivity contribution in [3.63, 3.8) is 0 Å². The number of carboxylic acids is 1. The van der Waals surface area contributed by atoms with E-state index in [4.69, 9.17) is 17.3 Å². The van der Waals surface area contributed by atoms with Gasteiger partial charge in [0.25, 0.3) is 0 Å². The van der Waals surface area contributed by atoms with Crippen LogP contribution in [0, 0.1) is 4.77 Å². The second-order valence-electron chi connectivity index (χ2n) is 2.86. The first-order chi connectivity index (χ1) is 6.59. The molecule has 0 amide bonds. The van der Waals surface area contributed by atoms with E-state index in [1.54, 1.807) is 17.7 Å². The van der Waals surface area contributed by atoms with Crippen LogP contribution in [0.25, 0.3) is 11.2 Å². The van der Waals surface area contributed by atoms with Crippen LogP contribution >= 0.6 is 12.2 Å². The smallest absolute Gasteiger partial charge is 0.354 e. The van der Waals surface area contributed by atoms with E-state index in [2.05, 4.69) is 9.97 Å². The number of aromatic amines is 1. The number of H-pyrrole nitrogens is 1. The number of aryl methyl sites for hydroxylation is 1. The number of aromatic nitrogens is 3. The van der Waals surface area contributed by atoms with Crippen LogP contribution in [0.15, 0.2) is 12.1 Å². The van der Waals surface area contributed by atoms with E-state index in [9.17, 15) is 4.79 Å². The number of imidazole rings is 1. The van der Waals surface area contributed by atoms with Crippen molar-refractivity contribution in [1.29, 1.82) is 0 Å². The van der Waals surface area contributed by atoms with E-state index in [-0.39, 0.29) is 5.69 Å². The number of rotatable bonds is 1. The fourth-order valence-corrected chi connectivity index (χ4v) is 1.41. The molecule has 0 aliphatic carbocycles. The molecular weight excluding hydrogens is 202 g/mol. The van der Waals surface area contributed by atoms with Crippen molar-refractivity contribution in [1.82, 2.24) is 14.5 Å². The summed E-state index contributed by atoms with van der Waals surface area (Å²) in [6.45, 7) is 0. The number of aromatic carboxylic acids is 1. The van der Waals surface area contributed by atoms with E-state index in [0.717, 1.165) is 5.52 Å². The zero-order valence-electron chi connectivity index (χ0n) is 7.31. The zero-order chi connectivity index (χ0) is 10.3. The molecule has 0 spiro atoms. The lowest BCUT2D eigenvalue weighted by Gasteiger charge is -1.95. The highest BCUT2D eigenvalue weighted by molar-refractivity contribution is 7.71. The third-order valence-corrected chi connectivity index (χ3v) is 2.33. The maximum Gasteiger partial charge on any atom is 0.354 e. The second-order valence-corrected chi connectivity index (χ2v) is 3.25. The lowest BCUT2D eigenvalue weighted by molar-refractivity contribution is 0.0691. The standard InChI is InChI=1S/C8H7N3O2S/c1-11-6-4(10-8(11)14)2-3-5(9-6)7(12)13/h2-3H,1H3,(H,10,14)(H,12,13). The van der Waals surface area contributed by atoms with Gasteiger partial charge in [-0.05, 0) is 24.4 Å². The first-order valence-electron chi connectivity index (χ1n) is 3.88. The van der Waals surface area contributed by atoms with Gasteiger partial charge in [-0.15, -0.1) is 0 Å². The van der Waals surface area contributed by atoms with Gasteiger partial charge < -0.3 is 14.7 Å². The third-order valence-electron chi connectivity index (χ3n) is 1.96. The van der Waals surface area contributed by atoms with Crippen molar-refractivity contribution in [3.8, 4) is 0 Å². The van der Waals surface area contributed by atoms with Crippen molar-refractivity contribution >= 4 is 29.4 Å². The molecule has 0 unspecified atom stereocenters. The summed E-state index contributed by atoms with van der Waals surface area (Å²) in [6, 6.07) is 3.09. The fourth-order valence-electron chi connectivity index (χ4n) is 1.22. The van der Waals surface area contributed by atoms with Crippen molar-refractivity contribution in [2.45, 2.75) is 0 Å². The lowest BCUT2D eigenvalue weighted by atomic mass is 10.3. The Kier molecular flexibility index (Phi) is 1.85. The van der Waals surface area contributed by atoms with Crippen LogP contribution in [0.5, 0.6) is 0 Å². The minimum Gasteiger partial charge on any atom is -0.477 e. The Morgan fingerprint density at radius 2 is 2.36 bits per heavy atom. The fraction of sp³-hybridized carbons (Fsp3) is 0.125. The first-order valence-corrected chi connectivity index (χ1v) is 4.29. The zero-order valence-corrected chi connectivity index (χ0v) is 8.13. The second kappa shape index (κ2) is 2.91. The maximum atomic E-state index is 10.7. The van der Waals surface area contributed by atoms with E-state index < -0.39 is 5.97 Å². The number of hydrogen-bond acceptors (Lipinski definition) is 3. The van der Waals surface area contributed by atoms with Crippen LogP contribution < -0.4 is 0 Å². The predicted molar refractivity (Wildman–Crippen MR) is 52.9 cm³/mol. The minimum atomic E-state index is -1.04. The van der Waals surface area contributed by atoms with Gasteiger partial charge in [0.05, 0.1) is 5.52 Å². The van der Waals surface area contributed by atoms with Crippen LogP contribution in [-0.2, 0) is 7.05 Å². The number of pyridine rings is 1. The molecule has 2 aromatic rings. The average molecular weight is 209 g/mol. The molecule has 0 aliphatic rings. The quantitative estimate of drug-likeness (QED) is 0.695. The highest BCUT2D eigenvalue weighted by Gasteiger charge is 2.08. The number of fused-ring (bicyclic) bond motifs is 1. The van der Waals surface area contributed by atoms with E-state index in [1.165, 1.54) is 6.07 Å². The molecule has 0 atom stereocenters. The van der Waals surface area contributed by atoms with Crippen molar-refractivity contribution in [3.05, 3.63) is 22.6 Å². The highest BCUT2D eigenvalue weighted by atomic mass is 32.1. The van der Waals surface area contributed by atoms with Gasteiger partial charge in [0.2, 0.25) is 0 Å². The molecule has 2 N–H and O–H groups in total. The highest BCUT2D eigenvalue weighted by Crippen LogP contribution is 2.10. The first kappa shape index (κ1) is 8.89. The molecule has 2 aromatic heterocycles. The van der Waals surface area contributed by atoms with Crippen LogP contribution in [0.4, 0.5) is 0 Å². The third kappa shape index (κ3) is 1.20. The van der Waals surface area contributed by atoms with E-state index in [0.29, 0.717) is 10.4 Å². The summed E-state index contributed by atoms with van der Waals surface area (Å²) < 4.78 is 2.16. The average Bonchev–Trinajstić information content (AvgIpc) is 2.43. The molecule has 0 radical (unpaired) electrons. The molecule has 5 nitrogen and oxygen atoms in total. The molecule has 0 aliphatic heterocycles. The van der Waals surface area contributed by atoms with Crippen LogP contribution in [-0.4, -0.2) is 25.6 Å². The van der Waals surface area contributed by atoms with Gasteiger partial charge in [0, 0.05) is 7.05 Å².